The van der Waals surface area contributed by atoms with Crippen molar-refractivity contribution < 1.29 is 36.3 Å². The van der Waals surface area contributed by atoms with Crippen LogP contribution in [0.15, 0.2) is 0 Å². The van der Waals surface area contributed by atoms with Gasteiger partial charge >= 0.3 is 0 Å². The summed E-state index contributed by atoms with van der Waals surface area (Å²) in [5.41, 5.74) is 2.04. The van der Waals surface area contributed by atoms with E-state index in [9.17, 15) is 36.3 Å². The molecule has 3 amide bonds. The monoisotopic (exact) mass is 405 g/mol. The van der Waals surface area contributed by atoms with Crippen LogP contribution in [0.3, 0.4) is 0 Å². The fourth-order valence-electron chi connectivity index (χ4n) is 3.57. The first-order valence-electron chi connectivity index (χ1n) is 8.65. The van der Waals surface area contributed by atoms with Crippen molar-refractivity contribution in [3.8, 4) is 0 Å². The van der Waals surface area contributed by atoms with E-state index in [0.29, 0.717) is 12.8 Å². The number of nitrogens with one attached hydrogen (secondary N) is 2. The average molecular weight is 405 g/mol. The fraction of sp³-hybridized carbons (Fsp3) is 0.471. The molecule has 0 spiro atoms. The normalized spacial score (nSPS) is 21.7. The van der Waals surface area contributed by atoms with Crippen LogP contribution in [0.4, 0.5) is 27.6 Å². The molecule has 0 unspecified atom stereocenters. The minimum atomic E-state index is -2.32. The number of imide groups is 1. The Morgan fingerprint density at radius 3 is 1.82 bits per heavy atom. The number of benzene rings is 1. The van der Waals surface area contributed by atoms with Crippen LogP contribution in [0, 0.1) is 40.9 Å². The van der Waals surface area contributed by atoms with Gasteiger partial charge in [-0.2, -0.15) is 0 Å². The second kappa shape index (κ2) is 7.72. The Labute approximate surface area is 156 Å². The maximum absolute atomic E-state index is 13.5. The molecule has 0 aromatic heterocycles. The van der Waals surface area contributed by atoms with Crippen LogP contribution >= 0.6 is 0 Å². The van der Waals surface area contributed by atoms with Crippen LogP contribution in [0.5, 0.6) is 0 Å². The molecule has 152 valence electrons. The van der Waals surface area contributed by atoms with Gasteiger partial charge in [0.05, 0.1) is 11.8 Å². The van der Waals surface area contributed by atoms with Gasteiger partial charge in [-0.1, -0.05) is 12.8 Å². The minimum Gasteiger partial charge on any atom is -0.293 e. The van der Waals surface area contributed by atoms with E-state index in [1.165, 1.54) is 0 Å². The number of hydrazine groups is 1. The third kappa shape index (κ3) is 3.40. The van der Waals surface area contributed by atoms with Gasteiger partial charge in [0.1, 0.15) is 5.69 Å². The summed E-state index contributed by atoms with van der Waals surface area (Å²) in [6, 6.07) is 0. The quantitative estimate of drug-likeness (QED) is 0.259. The molecule has 2 N–H and O–H groups in total. The zero-order chi connectivity index (χ0) is 20.6. The van der Waals surface area contributed by atoms with Crippen LogP contribution < -0.4 is 10.9 Å². The van der Waals surface area contributed by atoms with E-state index in [-0.39, 0.29) is 30.2 Å². The van der Waals surface area contributed by atoms with Crippen LogP contribution in [-0.4, -0.2) is 29.2 Å². The number of rotatable bonds is 5. The molecule has 2 atom stereocenters. The van der Waals surface area contributed by atoms with E-state index in [2.05, 4.69) is 0 Å². The van der Waals surface area contributed by atoms with Gasteiger partial charge in [0, 0.05) is 13.0 Å². The Morgan fingerprint density at radius 2 is 1.32 bits per heavy atom. The molecular formula is C17H16F5N3O3. The highest BCUT2D eigenvalue weighted by Gasteiger charge is 2.47. The smallest absolute Gasteiger partial charge is 0.240 e. The molecule has 1 saturated carbocycles. The number of nitrogens with zero attached hydrogens (tertiary/aromatic N) is 1. The summed E-state index contributed by atoms with van der Waals surface area (Å²) in [6.07, 6.45) is 2.51. The molecule has 1 aromatic rings. The maximum Gasteiger partial charge on any atom is 0.240 e. The van der Waals surface area contributed by atoms with Crippen molar-refractivity contribution in [2.24, 2.45) is 11.8 Å². The van der Waals surface area contributed by atoms with Crippen LogP contribution in [0.2, 0.25) is 0 Å². The number of hydrogen-bond acceptors (Lipinski definition) is 4. The Bertz CT molecular complexity index is 795. The van der Waals surface area contributed by atoms with Crippen molar-refractivity contribution >= 4 is 23.4 Å². The summed E-state index contributed by atoms with van der Waals surface area (Å²) in [7, 11) is 0. The van der Waals surface area contributed by atoms with Gasteiger partial charge in [-0.25, -0.2) is 22.0 Å². The average Bonchev–Trinajstić information content (AvgIpc) is 2.93. The molecule has 2 aliphatic rings. The van der Waals surface area contributed by atoms with Crippen molar-refractivity contribution in [2.75, 3.05) is 12.0 Å². The van der Waals surface area contributed by atoms with Crippen molar-refractivity contribution in [3.63, 3.8) is 0 Å². The van der Waals surface area contributed by atoms with Gasteiger partial charge in [0.2, 0.25) is 23.5 Å². The molecule has 6 nitrogen and oxygen atoms in total. The van der Waals surface area contributed by atoms with Gasteiger partial charge < -0.3 is 0 Å². The Balaban J connectivity index is 1.59. The molecule has 11 heteroatoms. The lowest BCUT2D eigenvalue weighted by atomic mass is 9.81. The Hall–Kier alpha value is -2.72. The lowest BCUT2D eigenvalue weighted by Gasteiger charge is -2.19. The summed E-state index contributed by atoms with van der Waals surface area (Å²) in [6.45, 7) is -0.241. The second-order valence-corrected chi connectivity index (χ2v) is 6.69. The summed E-state index contributed by atoms with van der Waals surface area (Å²) in [4.78, 5) is 37.4. The third-order valence-electron chi connectivity index (χ3n) is 5.03. The molecule has 1 aromatic carbocycles. The molecule has 1 aliphatic heterocycles. The number of fused-ring (bicyclic) bond motifs is 1. The highest BCUT2D eigenvalue weighted by Crippen LogP contribution is 2.38. The molecular weight excluding hydrogens is 389 g/mol. The Morgan fingerprint density at radius 1 is 0.857 bits per heavy atom. The van der Waals surface area contributed by atoms with Crippen LogP contribution in [0.25, 0.3) is 0 Å². The second-order valence-electron chi connectivity index (χ2n) is 6.69. The summed E-state index contributed by atoms with van der Waals surface area (Å²) >= 11 is 0. The van der Waals surface area contributed by atoms with Gasteiger partial charge in [-0.15, -0.1) is 0 Å². The standard InChI is InChI=1S/C17H16F5N3O3/c18-10-11(19)13(21)15(14(22)12(10)20)24-23-9(26)5-6-25-16(27)7-3-1-2-4-8(7)17(25)28/h7-8,24H,1-6H2,(H,23,26)/t7-,8-/m0/s1. The number of halogens is 5. The first-order chi connectivity index (χ1) is 13.2. The number of carbonyl (C=O) groups is 3. The fourth-order valence-corrected chi connectivity index (χ4v) is 3.57. The van der Waals surface area contributed by atoms with E-state index < -0.39 is 47.1 Å². The van der Waals surface area contributed by atoms with E-state index >= 15 is 0 Å². The summed E-state index contributed by atoms with van der Waals surface area (Å²) in [5.74, 6) is -13.3. The Kier molecular flexibility index (Phi) is 5.52. The maximum atomic E-state index is 13.5. The van der Waals surface area contributed by atoms with Crippen molar-refractivity contribution in [1.29, 1.82) is 0 Å². The summed E-state index contributed by atoms with van der Waals surface area (Å²) in [5, 5.41) is 0. The first-order valence-corrected chi connectivity index (χ1v) is 8.65. The topological polar surface area (TPSA) is 78.5 Å². The predicted molar refractivity (Wildman–Crippen MR) is 84.8 cm³/mol. The van der Waals surface area contributed by atoms with E-state index in [0.717, 1.165) is 17.7 Å². The van der Waals surface area contributed by atoms with Crippen molar-refractivity contribution in [2.45, 2.75) is 32.1 Å². The van der Waals surface area contributed by atoms with Crippen LogP contribution in [-0.2, 0) is 14.4 Å². The summed E-state index contributed by atoms with van der Waals surface area (Å²) < 4.78 is 66.3. The third-order valence-corrected chi connectivity index (χ3v) is 5.03. The first kappa shape index (κ1) is 20.0. The molecule has 3 rings (SSSR count). The van der Waals surface area contributed by atoms with Crippen LogP contribution in [0.1, 0.15) is 32.1 Å². The molecule has 28 heavy (non-hydrogen) atoms. The molecule has 1 heterocycles. The van der Waals surface area contributed by atoms with Crippen molar-refractivity contribution in [1.82, 2.24) is 10.3 Å². The van der Waals surface area contributed by atoms with Gasteiger partial charge in [-0.3, -0.25) is 30.1 Å². The number of likely N-dealkylation sites (tertiary alicyclic amines) is 1. The number of hydrogen-bond donors (Lipinski definition) is 2. The zero-order valence-electron chi connectivity index (χ0n) is 14.5. The highest BCUT2D eigenvalue weighted by atomic mass is 19.2. The number of amides is 3. The number of anilines is 1. The lowest BCUT2D eigenvalue weighted by Crippen LogP contribution is -2.37. The van der Waals surface area contributed by atoms with Gasteiger partial charge in [-0.05, 0) is 12.8 Å². The van der Waals surface area contributed by atoms with Gasteiger partial charge in [0.25, 0.3) is 0 Å². The highest BCUT2D eigenvalue weighted by molar-refractivity contribution is 6.05. The zero-order valence-corrected chi connectivity index (χ0v) is 14.5. The van der Waals surface area contributed by atoms with E-state index in [1.54, 1.807) is 10.9 Å². The van der Waals surface area contributed by atoms with Gasteiger partial charge in [0.15, 0.2) is 23.3 Å². The van der Waals surface area contributed by atoms with E-state index in [1.807, 2.05) is 0 Å². The molecule has 0 radical (unpaired) electrons. The molecule has 1 aliphatic carbocycles. The SMILES string of the molecule is O=C(CCN1C(=O)[C@H]2CCCC[C@@H]2C1=O)NNc1c(F)c(F)c(F)c(F)c1F. The molecule has 0 bridgehead atoms. The molecule has 1 saturated heterocycles. The molecule has 2 fully saturated rings. The minimum absolute atomic E-state index is 0.241. The predicted octanol–water partition coefficient (Wildman–Crippen LogP) is 2.39. The lowest BCUT2D eigenvalue weighted by molar-refractivity contribution is -0.140. The number of carbonyl (C=O) groups excluding carboxylic acids is 3. The van der Waals surface area contributed by atoms with E-state index in [4.69, 9.17) is 0 Å². The largest absolute Gasteiger partial charge is 0.293 e. The van der Waals surface area contributed by atoms with Crippen molar-refractivity contribution in [3.05, 3.63) is 29.1 Å².